The molecule has 3 aliphatic rings. The second kappa shape index (κ2) is 8.94. The van der Waals surface area contributed by atoms with E-state index in [1.54, 1.807) is 19.9 Å². The fourth-order valence-electron chi connectivity index (χ4n) is 6.20. The number of fused-ring (bicyclic) bond motifs is 5. The van der Waals surface area contributed by atoms with Gasteiger partial charge in [-0.3, -0.25) is 9.59 Å². The Kier molecular flexibility index (Phi) is 5.87. The largest absolute Gasteiger partial charge is 0.458 e. The molecule has 39 heavy (non-hydrogen) atoms. The maximum absolute atomic E-state index is 15.0. The summed E-state index contributed by atoms with van der Waals surface area (Å²) in [5.74, 6) is -1.83. The van der Waals surface area contributed by atoms with Crippen LogP contribution in [-0.4, -0.2) is 51.5 Å². The Balaban J connectivity index is 1.60. The van der Waals surface area contributed by atoms with E-state index in [2.05, 4.69) is 5.32 Å². The molecule has 4 heterocycles. The Hall–Kier alpha value is -3.67. The Bertz CT molecular complexity index is 1650. The van der Waals surface area contributed by atoms with Gasteiger partial charge in [-0.25, -0.2) is 14.2 Å². The predicted octanol–water partition coefficient (Wildman–Crippen LogP) is 1.64. The summed E-state index contributed by atoms with van der Waals surface area (Å²) in [6, 6.07) is 2.42. The van der Waals surface area contributed by atoms with Crippen LogP contribution in [0.1, 0.15) is 59.2 Å². The van der Waals surface area contributed by atoms with Crippen molar-refractivity contribution < 1.29 is 33.7 Å². The van der Waals surface area contributed by atoms with Gasteiger partial charge < -0.3 is 29.6 Å². The fraction of sp³-hybridized carbons (Fsp3) is 0.429. The third-order valence-corrected chi connectivity index (χ3v) is 8.32. The number of pyridine rings is 2. The quantitative estimate of drug-likeness (QED) is 0.327. The summed E-state index contributed by atoms with van der Waals surface area (Å²) < 4.78 is 26.6. The van der Waals surface area contributed by atoms with Gasteiger partial charge in [-0.1, -0.05) is 6.92 Å². The molecule has 1 aromatic carbocycles. The van der Waals surface area contributed by atoms with Crippen LogP contribution in [0.3, 0.4) is 0 Å². The third-order valence-electron chi connectivity index (χ3n) is 8.32. The van der Waals surface area contributed by atoms with Gasteiger partial charge in [0.05, 0.1) is 41.7 Å². The maximum atomic E-state index is 15.0. The van der Waals surface area contributed by atoms with E-state index in [4.69, 9.17) is 14.5 Å². The second-order valence-corrected chi connectivity index (χ2v) is 10.4. The number of aliphatic hydroxyl groups is 2. The number of amides is 1. The molecule has 0 saturated heterocycles. The standard InChI is InChI=1S/C28H28FN3O7/c1-4-28(37)16-7-20-24-14(9-32(20)26(35)15(16)10-39-27(28)36)23-18(31-25(34)21(33)11-38-3)6-5-13-12(2)17(29)8-19(30-24)22(13)23/h7-8,18,21,33,37H,4-6,9-11H2,1-3H3,(H,31,34)/t18-,21?,28-/m0/s1. The van der Waals surface area contributed by atoms with Gasteiger partial charge in [-0.2, -0.15) is 0 Å². The molecule has 0 spiro atoms. The molecule has 3 atom stereocenters. The third kappa shape index (κ3) is 3.56. The van der Waals surface area contributed by atoms with Crippen LogP contribution in [0, 0.1) is 12.7 Å². The first-order valence-corrected chi connectivity index (χ1v) is 12.9. The summed E-state index contributed by atoms with van der Waals surface area (Å²) in [4.78, 5) is 43.7. The van der Waals surface area contributed by atoms with Crippen molar-refractivity contribution in [3.8, 4) is 11.4 Å². The average molecular weight is 538 g/mol. The maximum Gasteiger partial charge on any atom is 0.343 e. The monoisotopic (exact) mass is 537 g/mol. The van der Waals surface area contributed by atoms with E-state index in [0.717, 1.165) is 16.5 Å². The number of carbonyl (C=O) groups is 2. The lowest BCUT2D eigenvalue weighted by Gasteiger charge is -2.31. The van der Waals surface area contributed by atoms with Crippen molar-refractivity contribution in [2.75, 3.05) is 13.7 Å². The van der Waals surface area contributed by atoms with E-state index in [-0.39, 0.29) is 37.3 Å². The second-order valence-electron chi connectivity index (χ2n) is 10.4. The molecular weight excluding hydrogens is 509 g/mol. The van der Waals surface area contributed by atoms with Gasteiger partial charge in [0.15, 0.2) is 11.7 Å². The highest BCUT2D eigenvalue weighted by molar-refractivity contribution is 5.94. The molecule has 2 aromatic heterocycles. The predicted molar refractivity (Wildman–Crippen MR) is 136 cm³/mol. The summed E-state index contributed by atoms with van der Waals surface area (Å²) in [6.45, 7) is 3.05. The van der Waals surface area contributed by atoms with Gasteiger partial charge in [0, 0.05) is 29.7 Å². The van der Waals surface area contributed by atoms with Gasteiger partial charge in [0.1, 0.15) is 12.4 Å². The van der Waals surface area contributed by atoms with Crippen LogP contribution < -0.4 is 10.9 Å². The van der Waals surface area contributed by atoms with Gasteiger partial charge in [-0.05, 0) is 48.9 Å². The summed E-state index contributed by atoms with van der Waals surface area (Å²) in [5.41, 5.74) is 1.89. The van der Waals surface area contributed by atoms with Gasteiger partial charge >= 0.3 is 5.97 Å². The molecule has 6 rings (SSSR count). The van der Waals surface area contributed by atoms with Crippen molar-refractivity contribution in [3.05, 3.63) is 61.7 Å². The summed E-state index contributed by atoms with van der Waals surface area (Å²) in [5, 5.41) is 25.0. The lowest BCUT2D eigenvalue weighted by Crippen LogP contribution is -2.44. The van der Waals surface area contributed by atoms with E-state index in [1.165, 1.54) is 17.7 Å². The molecule has 0 saturated carbocycles. The molecule has 204 valence electrons. The smallest absolute Gasteiger partial charge is 0.343 e. The van der Waals surface area contributed by atoms with Crippen LogP contribution in [0.25, 0.3) is 22.3 Å². The molecular formula is C28H28FN3O7. The van der Waals surface area contributed by atoms with Crippen molar-refractivity contribution >= 4 is 22.8 Å². The van der Waals surface area contributed by atoms with E-state index in [1.807, 2.05) is 0 Å². The fourth-order valence-corrected chi connectivity index (χ4v) is 6.20. The van der Waals surface area contributed by atoms with Crippen LogP contribution >= 0.6 is 0 Å². The van der Waals surface area contributed by atoms with Crippen molar-refractivity contribution in [3.63, 3.8) is 0 Å². The highest BCUT2D eigenvalue weighted by atomic mass is 19.1. The molecule has 1 amide bonds. The number of nitrogens with one attached hydrogen (secondary N) is 1. The number of aromatic nitrogens is 2. The molecule has 1 aliphatic carbocycles. The number of nitrogens with zero attached hydrogens (tertiary/aromatic N) is 2. The number of cyclic esters (lactones) is 1. The van der Waals surface area contributed by atoms with Crippen LogP contribution in [-0.2, 0) is 44.2 Å². The summed E-state index contributed by atoms with van der Waals surface area (Å²) >= 11 is 0. The van der Waals surface area contributed by atoms with Crippen LogP contribution in [0.5, 0.6) is 0 Å². The Morgan fingerprint density at radius 3 is 2.82 bits per heavy atom. The SMILES string of the molecule is CC[C@@]1(O)C(=O)OCc2c1cc1n(c2=O)Cc2c-1nc1cc(F)c(C)c3c1c2[C@@H](NC(=O)C(O)COC)CC3. The molecule has 10 nitrogen and oxygen atoms in total. The van der Waals surface area contributed by atoms with Gasteiger partial charge in [0.25, 0.3) is 11.5 Å². The number of hydrogen-bond donors (Lipinski definition) is 3. The van der Waals surface area contributed by atoms with Crippen LogP contribution in [0.15, 0.2) is 16.9 Å². The zero-order chi connectivity index (χ0) is 27.8. The molecule has 11 heteroatoms. The van der Waals surface area contributed by atoms with Crippen molar-refractivity contribution in [1.29, 1.82) is 0 Å². The van der Waals surface area contributed by atoms with Crippen molar-refractivity contribution in [2.24, 2.45) is 0 Å². The number of hydrogen-bond acceptors (Lipinski definition) is 8. The Labute approximate surface area is 222 Å². The highest BCUT2D eigenvalue weighted by Crippen LogP contribution is 2.45. The van der Waals surface area contributed by atoms with Crippen LogP contribution in [0.4, 0.5) is 4.39 Å². The number of ether oxygens (including phenoxy) is 2. The first-order chi connectivity index (χ1) is 18.6. The number of benzene rings is 1. The van der Waals surface area contributed by atoms with Crippen LogP contribution in [0.2, 0.25) is 0 Å². The molecule has 3 aromatic rings. The number of halogens is 1. The Morgan fingerprint density at radius 1 is 1.33 bits per heavy atom. The number of aliphatic hydroxyl groups excluding tert-OH is 1. The first-order valence-electron chi connectivity index (χ1n) is 12.9. The molecule has 0 radical (unpaired) electrons. The number of methoxy groups -OCH3 is 1. The topological polar surface area (TPSA) is 140 Å². The zero-order valence-electron chi connectivity index (χ0n) is 21.8. The van der Waals surface area contributed by atoms with Gasteiger partial charge in [-0.15, -0.1) is 0 Å². The molecule has 1 unspecified atom stereocenters. The Morgan fingerprint density at radius 2 is 2.10 bits per heavy atom. The lowest BCUT2D eigenvalue weighted by molar-refractivity contribution is -0.172. The number of rotatable bonds is 5. The number of carbonyl (C=O) groups excluding carboxylic acids is 2. The minimum Gasteiger partial charge on any atom is -0.458 e. The van der Waals surface area contributed by atoms with Crippen molar-refractivity contribution in [2.45, 2.75) is 64.0 Å². The minimum absolute atomic E-state index is 0.0107. The highest BCUT2D eigenvalue weighted by Gasteiger charge is 2.46. The molecule has 0 fully saturated rings. The number of esters is 1. The van der Waals surface area contributed by atoms with E-state index in [9.17, 15) is 29.0 Å². The molecule has 3 N–H and O–H groups in total. The average Bonchev–Trinajstić information content (AvgIpc) is 3.29. The normalized spacial score (nSPS) is 21.7. The van der Waals surface area contributed by atoms with Crippen molar-refractivity contribution in [1.82, 2.24) is 14.9 Å². The molecule has 0 bridgehead atoms. The van der Waals surface area contributed by atoms with E-state index < -0.39 is 41.0 Å². The number of aryl methyl sites for hydroxylation is 1. The lowest BCUT2D eigenvalue weighted by atomic mass is 9.81. The zero-order valence-corrected chi connectivity index (χ0v) is 21.8. The van der Waals surface area contributed by atoms with E-state index in [0.29, 0.717) is 40.9 Å². The summed E-state index contributed by atoms with van der Waals surface area (Å²) in [6.07, 6.45) is -0.416. The van der Waals surface area contributed by atoms with Gasteiger partial charge in [0.2, 0.25) is 0 Å². The minimum atomic E-state index is -1.97. The first kappa shape index (κ1) is 25.6. The van der Waals surface area contributed by atoms with E-state index >= 15 is 0 Å². The molecule has 2 aliphatic heterocycles. The summed E-state index contributed by atoms with van der Waals surface area (Å²) in [7, 11) is 1.39.